The van der Waals surface area contributed by atoms with Crippen LogP contribution in [0.2, 0.25) is 5.02 Å². The fraction of sp³-hybridized carbons (Fsp3) is 0.333. The molecule has 2 heterocycles. The van der Waals surface area contributed by atoms with Crippen molar-refractivity contribution in [3.63, 3.8) is 0 Å². The quantitative estimate of drug-likeness (QED) is 0.845. The number of hydrogen-bond acceptors (Lipinski definition) is 4. The van der Waals surface area contributed by atoms with Gasteiger partial charge < -0.3 is 10.4 Å². The highest BCUT2D eigenvalue weighted by molar-refractivity contribution is 7.10. The fourth-order valence-electron chi connectivity index (χ4n) is 2.64. The second kappa shape index (κ2) is 8.96. The van der Waals surface area contributed by atoms with Gasteiger partial charge in [0.1, 0.15) is 5.75 Å². The highest BCUT2D eigenvalue weighted by Gasteiger charge is 2.25. The molecule has 0 saturated carbocycles. The molecule has 0 bridgehead atoms. The Kier molecular flexibility index (Phi) is 7.97. The summed E-state index contributed by atoms with van der Waals surface area (Å²) in [6, 6.07) is 9.99. The summed E-state index contributed by atoms with van der Waals surface area (Å²) in [6.45, 7) is 4.05. The Balaban J connectivity index is 0.00000121. The van der Waals surface area contributed by atoms with E-state index in [1.807, 2.05) is 12.1 Å². The minimum Gasteiger partial charge on any atom is -0.506 e. The van der Waals surface area contributed by atoms with Gasteiger partial charge in [-0.25, -0.2) is 0 Å². The average molecular weight is 382 g/mol. The van der Waals surface area contributed by atoms with Gasteiger partial charge in [-0.05, 0) is 29.1 Å². The van der Waals surface area contributed by atoms with Gasteiger partial charge in [-0.1, -0.05) is 23.7 Å². The molecule has 22 heavy (non-hydrogen) atoms. The van der Waals surface area contributed by atoms with Gasteiger partial charge in [0.15, 0.2) is 0 Å². The molecule has 3 nitrogen and oxygen atoms in total. The summed E-state index contributed by atoms with van der Waals surface area (Å²) in [5.41, 5.74) is 1.14. The topological polar surface area (TPSA) is 35.5 Å². The van der Waals surface area contributed by atoms with Gasteiger partial charge in [0.2, 0.25) is 0 Å². The minimum atomic E-state index is 0. The zero-order chi connectivity index (χ0) is 13.9. The number of piperazine rings is 1. The maximum absolute atomic E-state index is 9.61. The van der Waals surface area contributed by atoms with Gasteiger partial charge in [-0.2, -0.15) is 0 Å². The first-order chi connectivity index (χ1) is 9.75. The number of phenolic OH excluding ortho intramolecular Hbond substituents is 1. The SMILES string of the molecule is Cl.Cl.Oc1ccc([C@@H](c2cccs2)N2CCNCC2)cc1Cl. The highest BCUT2D eigenvalue weighted by Crippen LogP contribution is 2.35. The first-order valence-electron chi connectivity index (χ1n) is 6.72. The van der Waals surface area contributed by atoms with Crippen LogP contribution in [0.3, 0.4) is 0 Å². The van der Waals surface area contributed by atoms with Crippen molar-refractivity contribution in [2.75, 3.05) is 26.2 Å². The molecule has 0 unspecified atom stereocenters. The third kappa shape index (κ3) is 4.28. The summed E-state index contributed by atoms with van der Waals surface area (Å²) in [7, 11) is 0. The average Bonchev–Trinajstić information content (AvgIpc) is 2.98. The smallest absolute Gasteiger partial charge is 0.134 e. The molecule has 1 fully saturated rings. The Hall–Kier alpha value is -0.490. The third-order valence-corrected chi connectivity index (χ3v) is 4.84. The van der Waals surface area contributed by atoms with Crippen molar-refractivity contribution in [1.29, 1.82) is 0 Å². The molecule has 1 aromatic heterocycles. The van der Waals surface area contributed by atoms with Crippen LogP contribution in [0.15, 0.2) is 35.7 Å². The number of nitrogens with zero attached hydrogens (tertiary/aromatic N) is 1. The highest BCUT2D eigenvalue weighted by atomic mass is 35.5. The Morgan fingerprint density at radius 2 is 1.91 bits per heavy atom. The molecule has 0 aliphatic carbocycles. The van der Waals surface area contributed by atoms with E-state index in [-0.39, 0.29) is 36.6 Å². The maximum atomic E-state index is 9.61. The van der Waals surface area contributed by atoms with Crippen LogP contribution in [-0.4, -0.2) is 36.2 Å². The van der Waals surface area contributed by atoms with Crippen molar-refractivity contribution in [1.82, 2.24) is 10.2 Å². The van der Waals surface area contributed by atoms with Crippen molar-refractivity contribution >= 4 is 47.8 Å². The van der Waals surface area contributed by atoms with Crippen LogP contribution in [0.4, 0.5) is 0 Å². The van der Waals surface area contributed by atoms with E-state index < -0.39 is 0 Å². The van der Waals surface area contributed by atoms with E-state index in [9.17, 15) is 5.11 Å². The molecule has 0 spiro atoms. The largest absolute Gasteiger partial charge is 0.506 e. The Labute approximate surface area is 152 Å². The summed E-state index contributed by atoms with van der Waals surface area (Å²) < 4.78 is 0. The van der Waals surface area contributed by atoms with E-state index in [0.29, 0.717) is 5.02 Å². The molecule has 2 N–H and O–H groups in total. The second-order valence-electron chi connectivity index (χ2n) is 4.91. The monoisotopic (exact) mass is 380 g/mol. The van der Waals surface area contributed by atoms with E-state index in [2.05, 4.69) is 27.7 Å². The molecular formula is C15H19Cl3N2OS. The number of benzene rings is 1. The number of hydrogen-bond donors (Lipinski definition) is 2. The van der Waals surface area contributed by atoms with Gasteiger partial charge in [0.05, 0.1) is 11.1 Å². The van der Waals surface area contributed by atoms with Crippen LogP contribution in [0, 0.1) is 0 Å². The minimum absolute atomic E-state index is 0. The number of nitrogens with one attached hydrogen (secondary N) is 1. The number of rotatable bonds is 3. The third-order valence-electron chi connectivity index (χ3n) is 3.62. The lowest BCUT2D eigenvalue weighted by molar-refractivity contribution is 0.200. The summed E-state index contributed by atoms with van der Waals surface area (Å²) in [5.74, 6) is 0.139. The van der Waals surface area contributed by atoms with Crippen molar-refractivity contribution in [2.45, 2.75) is 6.04 Å². The molecule has 1 saturated heterocycles. The molecule has 1 aromatic carbocycles. The van der Waals surface area contributed by atoms with E-state index in [1.165, 1.54) is 4.88 Å². The molecule has 0 radical (unpaired) electrons. The lowest BCUT2D eigenvalue weighted by Gasteiger charge is -2.34. The van der Waals surface area contributed by atoms with Crippen LogP contribution in [0.1, 0.15) is 16.5 Å². The summed E-state index contributed by atoms with van der Waals surface area (Å²) >= 11 is 7.84. The predicted octanol–water partition coefficient (Wildman–Crippen LogP) is 3.95. The van der Waals surface area contributed by atoms with Crippen molar-refractivity contribution in [2.24, 2.45) is 0 Å². The number of thiophene rings is 1. The van der Waals surface area contributed by atoms with Gasteiger partial charge >= 0.3 is 0 Å². The van der Waals surface area contributed by atoms with Crippen molar-refractivity contribution in [3.8, 4) is 5.75 Å². The number of halogens is 3. The Bertz CT molecular complexity index is 574. The fourth-order valence-corrected chi connectivity index (χ4v) is 3.71. The van der Waals surface area contributed by atoms with E-state index in [4.69, 9.17) is 11.6 Å². The molecule has 3 rings (SSSR count). The molecular weight excluding hydrogens is 363 g/mol. The first-order valence-corrected chi connectivity index (χ1v) is 7.98. The standard InChI is InChI=1S/C15H17ClN2OS.2ClH/c16-12-10-11(3-4-13(12)19)15(14-2-1-9-20-14)18-7-5-17-6-8-18;;/h1-4,9-10,15,17,19H,5-8H2;2*1H/t15-;;/m0../s1. The first kappa shape index (κ1) is 19.6. The van der Waals surface area contributed by atoms with E-state index in [0.717, 1.165) is 31.7 Å². The van der Waals surface area contributed by atoms with Crippen LogP contribution in [-0.2, 0) is 0 Å². The maximum Gasteiger partial charge on any atom is 0.134 e. The molecule has 0 amide bonds. The van der Waals surface area contributed by atoms with Crippen LogP contribution < -0.4 is 5.32 Å². The second-order valence-corrected chi connectivity index (χ2v) is 6.30. The summed E-state index contributed by atoms with van der Waals surface area (Å²) in [4.78, 5) is 3.78. The van der Waals surface area contributed by atoms with Crippen LogP contribution >= 0.6 is 47.8 Å². The number of aromatic hydroxyl groups is 1. The zero-order valence-corrected chi connectivity index (χ0v) is 15.1. The van der Waals surface area contributed by atoms with Crippen molar-refractivity contribution in [3.05, 3.63) is 51.2 Å². The summed E-state index contributed by atoms with van der Waals surface area (Å²) in [5, 5.41) is 15.5. The predicted molar refractivity (Wildman–Crippen MR) is 98.2 cm³/mol. The molecule has 122 valence electrons. The number of phenols is 1. The van der Waals surface area contributed by atoms with Crippen LogP contribution in [0.5, 0.6) is 5.75 Å². The van der Waals surface area contributed by atoms with Gasteiger partial charge in [0.25, 0.3) is 0 Å². The lowest BCUT2D eigenvalue weighted by Crippen LogP contribution is -2.45. The van der Waals surface area contributed by atoms with Gasteiger partial charge in [-0.3, -0.25) is 4.90 Å². The van der Waals surface area contributed by atoms with E-state index >= 15 is 0 Å². The molecule has 1 aliphatic heterocycles. The molecule has 1 atom stereocenters. The van der Waals surface area contributed by atoms with Crippen molar-refractivity contribution < 1.29 is 5.11 Å². The Morgan fingerprint density at radius 3 is 2.50 bits per heavy atom. The normalized spacial score (nSPS) is 16.4. The zero-order valence-electron chi connectivity index (χ0n) is 11.9. The lowest BCUT2D eigenvalue weighted by atomic mass is 10.0. The van der Waals surface area contributed by atoms with Gasteiger partial charge in [0, 0.05) is 31.1 Å². The molecule has 7 heteroatoms. The van der Waals surface area contributed by atoms with E-state index in [1.54, 1.807) is 17.4 Å². The Morgan fingerprint density at radius 1 is 1.18 bits per heavy atom. The molecule has 2 aromatic rings. The molecule has 1 aliphatic rings. The van der Waals surface area contributed by atoms with Crippen LogP contribution in [0.25, 0.3) is 0 Å². The van der Waals surface area contributed by atoms with Gasteiger partial charge in [-0.15, -0.1) is 36.2 Å². The summed E-state index contributed by atoms with van der Waals surface area (Å²) in [6.07, 6.45) is 0.